The highest BCUT2D eigenvalue weighted by Crippen LogP contribution is 2.40. The molecule has 2 N–H and O–H groups in total. The second-order valence-corrected chi connectivity index (χ2v) is 6.02. The fraction of sp³-hybridized carbons (Fsp3) is 0.800. The molecule has 1 aliphatic carbocycles. The molecule has 2 unspecified atom stereocenters. The number of rotatable bonds is 7. The summed E-state index contributed by atoms with van der Waals surface area (Å²) in [5, 5.41) is 11.8. The normalized spacial score (nSPS) is 24.9. The summed E-state index contributed by atoms with van der Waals surface area (Å²) >= 11 is 0. The molecule has 0 spiro atoms. The van der Waals surface area contributed by atoms with Gasteiger partial charge in [0.05, 0.1) is 11.8 Å². The van der Waals surface area contributed by atoms with Crippen molar-refractivity contribution in [1.82, 2.24) is 10.2 Å². The Balaban J connectivity index is 1.68. The quantitative estimate of drug-likeness (QED) is 0.650. The molecule has 124 valence electrons. The van der Waals surface area contributed by atoms with Crippen molar-refractivity contribution >= 4 is 17.8 Å². The Morgan fingerprint density at radius 3 is 2.45 bits per heavy atom. The van der Waals surface area contributed by atoms with Crippen molar-refractivity contribution in [1.29, 1.82) is 0 Å². The van der Waals surface area contributed by atoms with Crippen molar-refractivity contribution in [2.75, 3.05) is 33.4 Å². The largest absolute Gasteiger partial charge is 0.481 e. The Labute approximate surface area is 130 Å². The zero-order valence-electron chi connectivity index (χ0n) is 12.9. The van der Waals surface area contributed by atoms with E-state index in [1.54, 1.807) is 12.0 Å². The van der Waals surface area contributed by atoms with Crippen LogP contribution in [-0.2, 0) is 19.1 Å². The molecule has 7 heteroatoms. The summed E-state index contributed by atoms with van der Waals surface area (Å²) in [6, 6.07) is 0. The van der Waals surface area contributed by atoms with Gasteiger partial charge in [0.1, 0.15) is 0 Å². The van der Waals surface area contributed by atoms with Crippen molar-refractivity contribution < 1.29 is 24.2 Å². The lowest BCUT2D eigenvalue weighted by Gasteiger charge is -2.31. The van der Waals surface area contributed by atoms with Gasteiger partial charge in [0.2, 0.25) is 11.8 Å². The Morgan fingerprint density at radius 2 is 1.91 bits per heavy atom. The second kappa shape index (κ2) is 7.58. The average molecular weight is 312 g/mol. The standard InChI is InChI=1S/C15H24N2O5/c1-22-8-2-5-16-13(18)10-3-6-17(7-4-10)14(19)11-9-12(11)15(20)21/h10-12H,2-9H2,1H3,(H,16,18)(H,20,21). The first-order chi connectivity index (χ1) is 10.5. The van der Waals surface area contributed by atoms with Gasteiger partial charge in [-0.1, -0.05) is 0 Å². The first-order valence-electron chi connectivity index (χ1n) is 7.82. The minimum atomic E-state index is -0.885. The zero-order chi connectivity index (χ0) is 16.1. The SMILES string of the molecule is COCCCNC(=O)C1CCN(C(=O)C2CC2C(=O)O)CC1. The summed E-state index contributed by atoms with van der Waals surface area (Å²) in [5.41, 5.74) is 0. The lowest BCUT2D eigenvalue weighted by Crippen LogP contribution is -2.44. The molecule has 2 rings (SSSR count). The van der Waals surface area contributed by atoms with Gasteiger partial charge in [0, 0.05) is 39.3 Å². The van der Waals surface area contributed by atoms with Gasteiger partial charge < -0.3 is 20.1 Å². The minimum absolute atomic E-state index is 0.0398. The third kappa shape index (κ3) is 4.19. The predicted octanol–water partition coefficient (Wildman–Crippen LogP) is 0.0984. The van der Waals surface area contributed by atoms with Crippen molar-refractivity contribution in [2.24, 2.45) is 17.8 Å². The molecule has 0 aromatic rings. The molecule has 2 atom stereocenters. The number of hydrogen-bond donors (Lipinski definition) is 2. The van der Waals surface area contributed by atoms with E-state index >= 15 is 0 Å². The van der Waals surface area contributed by atoms with Gasteiger partial charge in [-0.3, -0.25) is 14.4 Å². The van der Waals surface area contributed by atoms with Crippen molar-refractivity contribution in [3.8, 4) is 0 Å². The van der Waals surface area contributed by atoms with Crippen LogP contribution in [0, 0.1) is 17.8 Å². The molecule has 22 heavy (non-hydrogen) atoms. The van der Waals surface area contributed by atoms with E-state index in [0.717, 1.165) is 6.42 Å². The monoisotopic (exact) mass is 312 g/mol. The predicted molar refractivity (Wildman–Crippen MR) is 78.0 cm³/mol. The first kappa shape index (κ1) is 16.7. The van der Waals surface area contributed by atoms with E-state index in [0.29, 0.717) is 45.5 Å². The number of amides is 2. The number of hydrogen-bond acceptors (Lipinski definition) is 4. The molecule has 0 bridgehead atoms. The minimum Gasteiger partial charge on any atom is -0.481 e. The molecule has 0 aromatic heterocycles. The molecule has 2 aliphatic rings. The van der Waals surface area contributed by atoms with Crippen molar-refractivity contribution in [3.05, 3.63) is 0 Å². The average Bonchev–Trinajstić information content (AvgIpc) is 3.31. The highest BCUT2D eigenvalue weighted by molar-refractivity contribution is 5.89. The summed E-state index contributed by atoms with van der Waals surface area (Å²) in [7, 11) is 1.63. The molecule has 2 fully saturated rings. The van der Waals surface area contributed by atoms with Crippen LogP contribution in [0.2, 0.25) is 0 Å². The van der Waals surface area contributed by atoms with E-state index < -0.39 is 11.9 Å². The maximum atomic E-state index is 12.1. The van der Waals surface area contributed by atoms with Crippen LogP contribution in [0.4, 0.5) is 0 Å². The van der Waals surface area contributed by atoms with Crippen LogP contribution in [-0.4, -0.2) is 61.1 Å². The highest BCUT2D eigenvalue weighted by Gasteiger charge is 2.50. The molecule has 1 aliphatic heterocycles. The summed E-state index contributed by atoms with van der Waals surface area (Å²) in [6.45, 7) is 2.31. The van der Waals surface area contributed by atoms with Crippen LogP contribution in [0.3, 0.4) is 0 Å². The summed E-state index contributed by atoms with van der Waals surface area (Å²) in [6.07, 6.45) is 2.53. The Kier molecular flexibility index (Phi) is 5.76. The third-order valence-corrected chi connectivity index (χ3v) is 4.43. The fourth-order valence-corrected chi connectivity index (χ4v) is 2.91. The highest BCUT2D eigenvalue weighted by atomic mass is 16.5. The molecular formula is C15H24N2O5. The molecule has 1 saturated heterocycles. The van der Waals surface area contributed by atoms with Gasteiger partial charge in [-0.15, -0.1) is 0 Å². The lowest BCUT2D eigenvalue weighted by molar-refractivity contribution is -0.142. The van der Waals surface area contributed by atoms with Crippen LogP contribution >= 0.6 is 0 Å². The number of carbonyl (C=O) groups excluding carboxylic acids is 2. The van der Waals surface area contributed by atoms with Gasteiger partial charge in [0.25, 0.3) is 0 Å². The summed E-state index contributed by atoms with van der Waals surface area (Å²) < 4.78 is 4.93. The Hall–Kier alpha value is -1.63. The van der Waals surface area contributed by atoms with Crippen LogP contribution in [0.1, 0.15) is 25.7 Å². The maximum Gasteiger partial charge on any atom is 0.307 e. The Morgan fingerprint density at radius 1 is 1.23 bits per heavy atom. The smallest absolute Gasteiger partial charge is 0.307 e. The molecule has 1 saturated carbocycles. The van der Waals surface area contributed by atoms with Crippen LogP contribution in [0.15, 0.2) is 0 Å². The number of carbonyl (C=O) groups is 3. The van der Waals surface area contributed by atoms with Crippen molar-refractivity contribution in [2.45, 2.75) is 25.7 Å². The van der Waals surface area contributed by atoms with E-state index in [1.807, 2.05) is 0 Å². The number of nitrogens with zero attached hydrogens (tertiary/aromatic N) is 1. The van der Waals surface area contributed by atoms with Gasteiger partial charge in [-0.25, -0.2) is 0 Å². The molecule has 0 radical (unpaired) electrons. The van der Waals surface area contributed by atoms with E-state index in [-0.39, 0.29) is 23.7 Å². The molecule has 7 nitrogen and oxygen atoms in total. The van der Waals surface area contributed by atoms with Crippen LogP contribution < -0.4 is 5.32 Å². The van der Waals surface area contributed by atoms with Crippen molar-refractivity contribution in [3.63, 3.8) is 0 Å². The third-order valence-electron chi connectivity index (χ3n) is 4.43. The van der Waals surface area contributed by atoms with Crippen LogP contribution in [0.25, 0.3) is 0 Å². The van der Waals surface area contributed by atoms with E-state index in [4.69, 9.17) is 9.84 Å². The van der Waals surface area contributed by atoms with E-state index in [1.165, 1.54) is 0 Å². The number of methoxy groups -OCH3 is 1. The molecule has 0 aromatic carbocycles. The number of piperidine rings is 1. The van der Waals surface area contributed by atoms with E-state index in [2.05, 4.69) is 5.32 Å². The number of likely N-dealkylation sites (tertiary alicyclic amines) is 1. The van der Waals surface area contributed by atoms with Gasteiger partial charge in [-0.05, 0) is 25.7 Å². The van der Waals surface area contributed by atoms with Gasteiger partial charge in [-0.2, -0.15) is 0 Å². The number of carboxylic acid groups (broad SMARTS) is 1. The number of aliphatic carboxylic acids is 1. The van der Waals surface area contributed by atoms with E-state index in [9.17, 15) is 14.4 Å². The van der Waals surface area contributed by atoms with Gasteiger partial charge >= 0.3 is 5.97 Å². The Bertz CT molecular complexity index is 432. The summed E-state index contributed by atoms with van der Waals surface area (Å²) in [5.74, 6) is -1.82. The number of nitrogens with one attached hydrogen (secondary N) is 1. The summed E-state index contributed by atoms with van der Waals surface area (Å²) in [4.78, 5) is 36.7. The first-order valence-corrected chi connectivity index (χ1v) is 7.82. The molecule has 1 heterocycles. The second-order valence-electron chi connectivity index (χ2n) is 6.02. The fourth-order valence-electron chi connectivity index (χ4n) is 2.91. The lowest BCUT2D eigenvalue weighted by atomic mass is 9.95. The molecule has 2 amide bonds. The van der Waals surface area contributed by atoms with Crippen LogP contribution in [0.5, 0.6) is 0 Å². The maximum absolute atomic E-state index is 12.1. The molecular weight excluding hydrogens is 288 g/mol. The van der Waals surface area contributed by atoms with Gasteiger partial charge in [0.15, 0.2) is 0 Å². The number of carboxylic acids is 1. The number of ether oxygens (including phenoxy) is 1. The topological polar surface area (TPSA) is 95.9 Å². The zero-order valence-corrected chi connectivity index (χ0v) is 12.9.